The molecular formula is C19H21FN6. The van der Waals surface area contributed by atoms with E-state index >= 15 is 0 Å². The molecule has 0 radical (unpaired) electrons. The average molecular weight is 352 g/mol. The fraction of sp³-hybridized carbons (Fsp3) is 0.316. The lowest BCUT2D eigenvalue weighted by atomic mass is 9.94. The van der Waals surface area contributed by atoms with Gasteiger partial charge in [0.2, 0.25) is 0 Å². The molecule has 4 rings (SSSR count). The Kier molecular flexibility index (Phi) is 4.73. The van der Waals surface area contributed by atoms with E-state index in [4.69, 9.17) is 5.73 Å². The number of hydrogen-bond donors (Lipinski definition) is 1. The molecule has 26 heavy (non-hydrogen) atoms. The normalized spacial score (nSPS) is 20.5. The van der Waals surface area contributed by atoms with Crippen molar-refractivity contribution in [3.8, 4) is 0 Å². The Morgan fingerprint density at radius 2 is 2.00 bits per heavy atom. The maximum Gasteiger partial charge on any atom is 0.126 e. The van der Waals surface area contributed by atoms with Gasteiger partial charge in [-0.05, 0) is 23.3 Å². The summed E-state index contributed by atoms with van der Waals surface area (Å²) in [6.45, 7) is 2.73. The molecule has 1 aliphatic heterocycles. The SMILES string of the molecule is N[C@@H]1CN(Cc2cn(Cc3cccnc3)nn2)C[C@H]1c1ccccc1F. The first kappa shape index (κ1) is 16.8. The van der Waals surface area contributed by atoms with Gasteiger partial charge >= 0.3 is 0 Å². The van der Waals surface area contributed by atoms with E-state index in [0.29, 0.717) is 25.2 Å². The zero-order valence-corrected chi connectivity index (χ0v) is 14.4. The Hall–Kier alpha value is -2.64. The van der Waals surface area contributed by atoms with Crippen molar-refractivity contribution in [1.29, 1.82) is 0 Å². The van der Waals surface area contributed by atoms with E-state index in [-0.39, 0.29) is 17.8 Å². The number of aromatic nitrogens is 4. The van der Waals surface area contributed by atoms with Gasteiger partial charge in [-0.3, -0.25) is 9.88 Å². The van der Waals surface area contributed by atoms with Gasteiger partial charge in [0.05, 0.1) is 18.4 Å². The average Bonchev–Trinajstić information content (AvgIpc) is 3.23. The van der Waals surface area contributed by atoms with E-state index in [1.807, 2.05) is 36.7 Å². The summed E-state index contributed by atoms with van der Waals surface area (Å²) in [6, 6.07) is 10.7. The summed E-state index contributed by atoms with van der Waals surface area (Å²) in [6.07, 6.45) is 5.51. The van der Waals surface area contributed by atoms with Crippen molar-refractivity contribution in [2.24, 2.45) is 5.73 Å². The van der Waals surface area contributed by atoms with E-state index in [0.717, 1.165) is 17.8 Å². The smallest absolute Gasteiger partial charge is 0.126 e. The second-order valence-corrected chi connectivity index (χ2v) is 6.75. The van der Waals surface area contributed by atoms with E-state index in [1.54, 1.807) is 16.9 Å². The lowest BCUT2D eigenvalue weighted by Crippen LogP contribution is -2.29. The van der Waals surface area contributed by atoms with Crippen molar-refractivity contribution in [3.63, 3.8) is 0 Å². The predicted molar refractivity (Wildman–Crippen MR) is 95.8 cm³/mol. The monoisotopic (exact) mass is 352 g/mol. The quantitative estimate of drug-likeness (QED) is 0.758. The molecule has 1 fully saturated rings. The summed E-state index contributed by atoms with van der Waals surface area (Å²) in [4.78, 5) is 6.32. The Labute approximate surface area is 151 Å². The summed E-state index contributed by atoms with van der Waals surface area (Å²) in [5.41, 5.74) is 8.93. The van der Waals surface area contributed by atoms with Crippen LogP contribution in [-0.2, 0) is 13.1 Å². The predicted octanol–water partition coefficient (Wildman–Crippen LogP) is 1.79. The molecule has 0 spiro atoms. The minimum atomic E-state index is -0.183. The van der Waals surface area contributed by atoms with Gasteiger partial charge in [-0.2, -0.15) is 0 Å². The largest absolute Gasteiger partial charge is 0.326 e. The summed E-state index contributed by atoms with van der Waals surface area (Å²) in [5, 5.41) is 8.44. The minimum absolute atomic E-state index is 0.00152. The second-order valence-electron chi connectivity index (χ2n) is 6.75. The molecule has 0 aliphatic carbocycles. The molecule has 1 aliphatic rings. The lowest BCUT2D eigenvalue weighted by Gasteiger charge is -2.15. The van der Waals surface area contributed by atoms with Crippen LogP contribution in [0.3, 0.4) is 0 Å². The van der Waals surface area contributed by atoms with Crippen molar-refractivity contribution >= 4 is 0 Å². The molecule has 0 unspecified atom stereocenters. The Balaban J connectivity index is 1.40. The van der Waals surface area contributed by atoms with Crippen LogP contribution in [0.25, 0.3) is 0 Å². The van der Waals surface area contributed by atoms with Gasteiger partial charge < -0.3 is 5.73 Å². The lowest BCUT2D eigenvalue weighted by molar-refractivity contribution is 0.319. The number of benzene rings is 1. The Morgan fingerprint density at radius 3 is 2.81 bits per heavy atom. The maximum absolute atomic E-state index is 14.1. The summed E-state index contributed by atoms with van der Waals surface area (Å²) >= 11 is 0. The topological polar surface area (TPSA) is 72.9 Å². The number of likely N-dealkylation sites (tertiary alicyclic amines) is 1. The highest BCUT2D eigenvalue weighted by atomic mass is 19.1. The molecule has 3 aromatic rings. The zero-order chi connectivity index (χ0) is 17.9. The molecular weight excluding hydrogens is 331 g/mol. The molecule has 2 atom stereocenters. The number of halogens is 1. The molecule has 0 amide bonds. The van der Waals surface area contributed by atoms with Gasteiger partial charge in [0.25, 0.3) is 0 Å². The first-order valence-corrected chi connectivity index (χ1v) is 8.69. The molecule has 7 heteroatoms. The highest BCUT2D eigenvalue weighted by Gasteiger charge is 2.33. The van der Waals surface area contributed by atoms with E-state index in [9.17, 15) is 4.39 Å². The van der Waals surface area contributed by atoms with Crippen LogP contribution in [0, 0.1) is 5.82 Å². The van der Waals surface area contributed by atoms with Gasteiger partial charge in [0.1, 0.15) is 5.82 Å². The number of pyridine rings is 1. The van der Waals surface area contributed by atoms with Crippen LogP contribution in [0.1, 0.15) is 22.7 Å². The summed E-state index contributed by atoms with van der Waals surface area (Å²) in [7, 11) is 0. The highest BCUT2D eigenvalue weighted by molar-refractivity contribution is 5.25. The van der Waals surface area contributed by atoms with E-state index in [2.05, 4.69) is 20.2 Å². The molecule has 0 saturated carbocycles. The van der Waals surface area contributed by atoms with Crippen LogP contribution in [-0.4, -0.2) is 44.0 Å². The van der Waals surface area contributed by atoms with Crippen molar-refractivity contribution in [2.75, 3.05) is 13.1 Å². The highest BCUT2D eigenvalue weighted by Crippen LogP contribution is 2.29. The maximum atomic E-state index is 14.1. The van der Waals surface area contributed by atoms with Crippen molar-refractivity contribution < 1.29 is 4.39 Å². The minimum Gasteiger partial charge on any atom is -0.326 e. The Bertz CT molecular complexity index is 865. The van der Waals surface area contributed by atoms with Gasteiger partial charge in [0, 0.05) is 44.0 Å². The first-order valence-electron chi connectivity index (χ1n) is 8.69. The summed E-state index contributed by atoms with van der Waals surface area (Å²) in [5.74, 6) is -0.182. The third kappa shape index (κ3) is 3.63. The third-order valence-corrected chi connectivity index (χ3v) is 4.78. The van der Waals surface area contributed by atoms with E-state index in [1.165, 1.54) is 6.07 Å². The third-order valence-electron chi connectivity index (χ3n) is 4.78. The number of nitrogens with zero attached hydrogens (tertiary/aromatic N) is 5. The van der Waals surface area contributed by atoms with Crippen LogP contribution in [0.4, 0.5) is 4.39 Å². The molecule has 0 bridgehead atoms. The summed E-state index contributed by atoms with van der Waals surface area (Å²) < 4.78 is 15.9. The standard InChI is InChI=1S/C19H21FN6/c20-18-6-2-1-5-16(18)17-12-25(13-19(17)21)10-15-11-26(24-23-15)9-14-4-3-7-22-8-14/h1-8,11,17,19H,9-10,12-13,21H2/t17-,19+/m0/s1. The number of hydrogen-bond acceptors (Lipinski definition) is 5. The fourth-order valence-corrected chi connectivity index (χ4v) is 3.54. The zero-order valence-electron chi connectivity index (χ0n) is 14.4. The molecule has 2 N–H and O–H groups in total. The van der Waals surface area contributed by atoms with Gasteiger partial charge in [-0.1, -0.05) is 29.5 Å². The van der Waals surface area contributed by atoms with Crippen molar-refractivity contribution in [1.82, 2.24) is 24.9 Å². The fourth-order valence-electron chi connectivity index (χ4n) is 3.54. The molecule has 6 nitrogen and oxygen atoms in total. The van der Waals surface area contributed by atoms with Crippen LogP contribution >= 0.6 is 0 Å². The first-order chi connectivity index (χ1) is 12.7. The second kappa shape index (κ2) is 7.31. The molecule has 1 saturated heterocycles. The van der Waals surface area contributed by atoms with Crippen LogP contribution in [0.5, 0.6) is 0 Å². The van der Waals surface area contributed by atoms with Crippen LogP contribution in [0.2, 0.25) is 0 Å². The number of nitrogens with two attached hydrogens (primary N) is 1. The molecule has 3 heterocycles. The van der Waals surface area contributed by atoms with Crippen LogP contribution in [0.15, 0.2) is 55.0 Å². The number of rotatable bonds is 5. The van der Waals surface area contributed by atoms with Crippen LogP contribution < -0.4 is 5.73 Å². The molecule has 1 aromatic carbocycles. The van der Waals surface area contributed by atoms with Gasteiger partial charge in [-0.15, -0.1) is 5.10 Å². The molecule has 134 valence electrons. The van der Waals surface area contributed by atoms with E-state index < -0.39 is 0 Å². The van der Waals surface area contributed by atoms with Gasteiger partial charge in [0.15, 0.2) is 0 Å². The van der Waals surface area contributed by atoms with Gasteiger partial charge in [-0.25, -0.2) is 9.07 Å². The molecule has 2 aromatic heterocycles. The van der Waals surface area contributed by atoms with Crippen molar-refractivity contribution in [3.05, 3.63) is 77.6 Å². The Morgan fingerprint density at radius 1 is 1.12 bits per heavy atom. The van der Waals surface area contributed by atoms with Crippen molar-refractivity contribution in [2.45, 2.75) is 25.0 Å².